The van der Waals surface area contributed by atoms with Crippen LogP contribution in [0, 0.1) is 6.92 Å². The van der Waals surface area contributed by atoms with Gasteiger partial charge in [0.15, 0.2) is 0 Å². The lowest BCUT2D eigenvalue weighted by atomic mass is 10.1. The average molecular weight is 341 g/mol. The van der Waals surface area contributed by atoms with Crippen LogP contribution >= 0.6 is 0 Å². The number of aromatic nitrogens is 3. The Kier molecular flexibility index (Phi) is 5.55. The van der Waals surface area contributed by atoms with Crippen LogP contribution in [0.15, 0.2) is 24.3 Å². The summed E-state index contributed by atoms with van der Waals surface area (Å²) in [6, 6.07) is 4.90. The molecule has 0 radical (unpaired) electrons. The van der Waals surface area contributed by atoms with E-state index >= 15 is 0 Å². The van der Waals surface area contributed by atoms with Crippen LogP contribution in [0.2, 0.25) is 0 Å². The molecule has 9 heteroatoms. The lowest BCUT2D eigenvalue weighted by molar-refractivity contribution is -0.137. The fraction of sp³-hybridized carbons (Fsp3) is 0.400. The normalized spacial score (nSPS) is 12.9. The second-order valence-corrected chi connectivity index (χ2v) is 5.32. The second kappa shape index (κ2) is 7.43. The van der Waals surface area contributed by atoms with Gasteiger partial charge in [0.25, 0.3) is 0 Å². The first-order valence-corrected chi connectivity index (χ1v) is 7.22. The van der Waals surface area contributed by atoms with Gasteiger partial charge in [-0.15, -0.1) is 0 Å². The number of hydrogen-bond donors (Lipinski definition) is 2. The topological polar surface area (TPSA) is 86.0 Å². The minimum Gasteiger partial charge on any atom is -0.375 e. The van der Waals surface area contributed by atoms with Crippen molar-refractivity contribution < 1.29 is 17.9 Å². The number of rotatable bonds is 6. The van der Waals surface area contributed by atoms with Crippen LogP contribution in [0.5, 0.6) is 0 Å². The minimum absolute atomic E-state index is 0.0777. The minimum atomic E-state index is -4.36. The first kappa shape index (κ1) is 17.9. The number of benzene rings is 1. The number of alkyl halides is 3. The van der Waals surface area contributed by atoms with Crippen molar-refractivity contribution in [2.75, 3.05) is 17.7 Å². The summed E-state index contributed by atoms with van der Waals surface area (Å²) in [5.74, 6) is 0.930. The Morgan fingerprint density at radius 3 is 2.67 bits per heavy atom. The van der Waals surface area contributed by atoms with Gasteiger partial charge in [-0.25, -0.2) is 0 Å². The van der Waals surface area contributed by atoms with E-state index in [2.05, 4.69) is 20.3 Å². The molecule has 1 aromatic carbocycles. The molecule has 0 bridgehead atoms. The molecule has 0 aliphatic heterocycles. The molecule has 0 spiro atoms. The first-order chi connectivity index (χ1) is 11.2. The fourth-order valence-electron chi connectivity index (χ4n) is 2.02. The van der Waals surface area contributed by atoms with Crippen LogP contribution in [0.1, 0.15) is 23.9 Å². The van der Waals surface area contributed by atoms with Gasteiger partial charge < -0.3 is 15.8 Å². The lowest BCUT2D eigenvalue weighted by Gasteiger charge is -2.15. The van der Waals surface area contributed by atoms with E-state index in [1.807, 2.05) is 6.92 Å². The Morgan fingerprint density at radius 1 is 1.25 bits per heavy atom. The van der Waals surface area contributed by atoms with Crippen molar-refractivity contribution in [3.8, 4) is 0 Å². The largest absolute Gasteiger partial charge is 0.416 e. The maximum absolute atomic E-state index is 12.6. The predicted octanol–water partition coefficient (Wildman–Crippen LogP) is 2.80. The maximum Gasteiger partial charge on any atom is 0.416 e. The summed E-state index contributed by atoms with van der Waals surface area (Å²) >= 11 is 0. The molecule has 2 aromatic rings. The zero-order chi connectivity index (χ0) is 17.7. The summed E-state index contributed by atoms with van der Waals surface area (Å²) in [4.78, 5) is 11.9. The van der Waals surface area contributed by atoms with Crippen molar-refractivity contribution >= 4 is 11.9 Å². The molecule has 2 rings (SSSR count). The Balaban J connectivity index is 1.85. The van der Waals surface area contributed by atoms with Crippen molar-refractivity contribution in [3.05, 3.63) is 41.2 Å². The monoisotopic (exact) mass is 341 g/mol. The van der Waals surface area contributed by atoms with E-state index in [0.29, 0.717) is 17.3 Å². The summed E-state index contributed by atoms with van der Waals surface area (Å²) in [6.45, 7) is 3.87. The number of aryl methyl sites for hydroxylation is 1. The molecule has 0 aliphatic rings. The molecule has 3 N–H and O–H groups in total. The quantitative estimate of drug-likeness (QED) is 0.840. The van der Waals surface area contributed by atoms with Gasteiger partial charge in [0.1, 0.15) is 5.82 Å². The third kappa shape index (κ3) is 5.34. The van der Waals surface area contributed by atoms with E-state index in [-0.39, 0.29) is 25.2 Å². The van der Waals surface area contributed by atoms with E-state index in [9.17, 15) is 13.2 Å². The van der Waals surface area contributed by atoms with Gasteiger partial charge in [-0.2, -0.15) is 28.1 Å². The highest BCUT2D eigenvalue weighted by molar-refractivity contribution is 5.31. The zero-order valence-electron chi connectivity index (χ0n) is 13.3. The molecule has 130 valence electrons. The smallest absolute Gasteiger partial charge is 0.375 e. The van der Waals surface area contributed by atoms with Crippen molar-refractivity contribution in [2.45, 2.75) is 32.7 Å². The van der Waals surface area contributed by atoms with Gasteiger partial charge in [-0.05, 0) is 31.5 Å². The van der Waals surface area contributed by atoms with Gasteiger partial charge in [-0.3, -0.25) is 0 Å². The molecule has 1 heterocycles. The maximum atomic E-state index is 12.6. The fourth-order valence-corrected chi connectivity index (χ4v) is 2.02. The average Bonchev–Trinajstić information content (AvgIpc) is 2.45. The number of nitrogen functional groups attached to an aromatic ring is 1. The van der Waals surface area contributed by atoms with Crippen molar-refractivity contribution in [3.63, 3.8) is 0 Å². The van der Waals surface area contributed by atoms with Gasteiger partial charge in [0, 0.05) is 6.04 Å². The molecule has 0 aliphatic carbocycles. The molecular formula is C15H18F3N5O. The third-order valence-corrected chi connectivity index (χ3v) is 3.03. The first-order valence-electron chi connectivity index (χ1n) is 7.22. The number of anilines is 2. The molecule has 0 fully saturated rings. The van der Waals surface area contributed by atoms with Gasteiger partial charge in [-0.1, -0.05) is 12.1 Å². The van der Waals surface area contributed by atoms with Crippen LogP contribution in [0.3, 0.4) is 0 Å². The molecule has 1 aromatic heterocycles. The van der Waals surface area contributed by atoms with E-state index in [0.717, 1.165) is 12.1 Å². The van der Waals surface area contributed by atoms with E-state index in [1.165, 1.54) is 6.07 Å². The third-order valence-electron chi connectivity index (χ3n) is 3.03. The Hall–Kier alpha value is -2.42. The summed E-state index contributed by atoms with van der Waals surface area (Å²) in [5.41, 5.74) is 5.30. The molecule has 1 atom stereocenters. The van der Waals surface area contributed by atoms with Crippen LogP contribution in [-0.2, 0) is 17.5 Å². The van der Waals surface area contributed by atoms with E-state index in [1.54, 1.807) is 13.0 Å². The summed E-state index contributed by atoms with van der Waals surface area (Å²) in [6.07, 6.45) is -4.36. The standard InChI is InChI=1S/C15H18F3N5O/c1-9(20-14-22-10(2)21-13(19)23-14)7-24-8-11-4-3-5-12(6-11)15(16,17)18/h3-6,9H,7-8H2,1-2H3,(H3,19,20,21,22,23). The highest BCUT2D eigenvalue weighted by atomic mass is 19.4. The van der Waals surface area contributed by atoms with Crippen molar-refractivity contribution in [1.29, 1.82) is 0 Å². The van der Waals surface area contributed by atoms with E-state index in [4.69, 9.17) is 10.5 Å². The SMILES string of the molecule is Cc1nc(N)nc(NC(C)COCc2cccc(C(F)(F)F)c2)n1. The second-order valence-electron chi connectivity index (χ2n) is 5.32. The Labute approximate surface area is 137 Å². The van der Waals surface area contributed by atoms with Crippen LogP contribution in [-0.4, -0.2) is 27.6 Å². The Bertz CT molecular complexity index is 673. The number of halogens is 3. The highest BCUT2D eigenvalue weighted by Gasteiger charge is 2.30. The molecule has 0 saturated carbocycles. The van der Waals surface area contributed by atoms with Gasteiger partial charge in [0.05, 0.1) is 18.8 Å². The molecule has 0 saturated heterocycles. The van der Waals surface area contributed by atoms with E-state index < -0.39 is 11.7 Å². The number of nitrogens with one attached hydrogen (secondary N) is 1. The molecule has 1 unspecified atom stereocenters. The van der Waals surface area contributed by atoms with Crippen molar-refractivity contribution in [2.24, 2.45) is 0 Å². The zero-order valence-corrected chi connectivity index (χ0v) is 13.3. The summed E-state index contributed by atoms with van der Waals surface area (Å²) in [5, 5.41) is 3.00. The molecule has 0 amide bonds. The molecule has 6 nitrogen and oxygen atoms in total. The molecular weight excluding hydrogens is 323 g/mol. The summed E-state index contributed by atoms with van der Waals surface area (Å²) in [7, 11) is 0. The molecule has 24 heavy (non-hydrogen) atoms. The van der Waals surface area contributed by atoms with Crippen LogP contribution in [0.25, 0.3) is 0 Å². The highest BCUT2D eigenvalue weighted by Crippen LogP contribution is 2.29. The predicted molar refractivity (Wildman–Crippen MR) is 83.2 cm³/mol. The van der Waals surface area contributed by atoms with Gasteiger partial charge in [0.2, 0.25) is 11.9 Å². The number of nitrogens with zero attached hydrogens (tertiary/aromatic N) is 3. The van der Waals surface area contributed by atoms with Crippen molar-refractivity contribution in [1.82, 2.24) is 15.0 Å². The van der Waals surface area contributed by atoms with Crippen LogP contribution in [0.4, 0.5) is 25.1 Å². The number of nitrogens with two attached hydrogens (primary N) is 1. The Morgan fingerprint density at radius 2 is 2.00 bits per heavy atom. The number of ether oxygens (including phenoxy) is 1. The van der Waals surface area contributed by atoms with Gasteiger partial charge >= 0.3 is 6.18 Å². The lowest BCUT2D eigenvalue weighted by Crippen LogP contribution is -2.23. The van der Waals surface area contributed by atoms with Crippen LogP contribution < -0.4 is 11.1 Å². The summed E-state index contributed by atoms with van der Waals surface area (Å²) < 4.78 is 43.4. The number of hydrogen-bond acceptors (Lipinski definition) is 6.